The molecule has 1 aromatic heterocycles. The first-order valence-electron chi connectivity index (χ1n) is 8.89. The second-order valence-electron chi connectivity index (χ2n) is 7.44. The minimum absolute atomic E-state index is 0.0824. The van der Waals surface area contributed by atoms with Crippen LogP contribution in [0.2, 0.25) is 4.34 Å². The van der Waals surface area contributed by atoms with Crippen LogP contribution in [0.15, 0.2) is 17.8 Å². The Morgan fingerprint density at radius 1 is 1.54 bits per heavy atom. The Bertz CT molecular complexity index is 740. The third kappa shape index (κ3) is 3.26. The van der Waals surface area contributed by atoms with Gasteiger partial charge in [0, 0.05) is 30.3 Å². The number of anilines is 1. The number of hydrogen-bond acceptors (Lipinski definition) is 6. The van der Waals surface area contributed by atoms with Gasteiger partial charge in [-0.3, -0.25) is 10.2 Å². The number of nitrogens with one attached hydrogen (secondary N) is 1. The van der Waals surface area contributed by atoms with Crippen molar-refractivity contribution in [2.75, 3.05) is 25.0 Å². The number of nitrogens with zero attached hydrogens (tertiary/aromatic N) is 3. The topological polar surface area (TPSA) is 68.7 Å². The summed E-state index contributed by atoms with van der Waals surface area (Å²) < 4.78 is 0.553. The fourth-order valence-corrected chi connectivity index (χ4v) is 5.66. The molecular formula is C17H23ClN4O2S2. The molecule has 3 aliphatic rings. The molecule has 0 aromatic carbocycles. The summed E-state index contributed by atoms with van der Waals surface area (Å²) in [5.74, 6) is 0. The molecule has 2 N–H and O–H groups in total. The van der Waals surface area contributed by atoms with Crippen LogP contribution < -0.4 is 5.32 Å². The lowest BCUT2D eigenvalue weighted by Crippen LogP contribution is -2.41. The molecule has 1 spiro atoms. The van der Waals surface area contributed by atoms with Crippen LogP contribution in [0.3, 0.4) is 0 Å². The molecule has 4 rings (SSSR count). The molecule has 1 aliphatic carbocycles. The lowest BCUT2D eigenvalue weighted by molar-refractivity contribution is 0.0305. The number of carbonyl (C=O) groups excluding carboxylic acids is 1. The highest BCUT2D eigenvalue weighted by Crippen LogP contribution is 2.50. The molecule has 0 bridgehead atoms. The van der Waals surface area contributed by atoms with E-state index in [-0.39, 0.29) is 22.7 Å². The van der Waals surface area contributed by atoms with Crippen molar-refractivity contribution < 1.29 is 9.90 Å². The Hall–Kier alpha value is -0.800. The highest BCUT2D eigenvalue weighted by atomic mass is 35.5. The summed E-state index contributed by atoms with van der Waals surface area (Å²) in [4.78, 5) is 21.1. The van der Waals surface area contributed by atoms with Gasteiger partial charge in [0.1, 0.15) is 10.6 Å². The summed E-state index contributed by atoms with van der Waals surface area (Å²) in [6.07, 6.45) is 6.15. The fraction of sp³-hybridized carbons (Fsp3) is 0.647. The van der Waals surface area contributed by atoms with Crippen molar-refractivity contribution in [2.45, 2.75) is 43.7 Å². The number of thiol groups is 1. The van der Waals surface area contributed by atoms with Crippen LogP contribution in [0.5, 0.6) is 0 Å². The predicted octanol–water partition coefficient (Wildman–Crippen LogP) is 3.06. The van der Waals surface area contributed by atoms with Gasteiger partial charge in [0.15, 0.2) is 5.13 Å². The minimum atomic E-state index is -0.468. The molecule has 0 saturated carbocycles. The second kappa shape index (κ2) is 6.98. The van der Waals surface area contributed by atoms with Gasteiger partial charge >= 0.3 is 6.03 Å². The van der Waals surface area contributed by atoms with E-state index in [1.807, 2.05) is 4.90 Å². The number of carbonyl (C=O) groups is 1. The van der Waals surface area contributed by atoms with E-state index < -0.39 is 6.23 Å². The molecule has 2 amide bonds. The van der Waals surface area contributed by atoms with Gasteiger partial charge in [-0.25, -0.2) is 9.78 Å². The van der Waals surface area contributed by atoms with E-state index in [0.717, 1.165) is 32.4 Å². The Morgan fingerprint density at radius 2 is 2.35 bits per heavy atom. The normalized spacial score (nSPS) is 32.6. The van der Waals surface area contributed by atoms with Crippen LogP contribution in [0.1, 0.15) is 26.2 Å². The van der Waals surface area contributed by atoms with E-state index in [4.69, 9.17) is 11.6 Å². The number of halogens is 1. The van der Waals surface area contributed by atoms with Gasteiger partial charge in [-0.1, -0.05) is 29.0 Å². The highest BCUT2D eigenvalue weighted by Gasteiger charge is 2.54. The largest absolute Gasteiger partial charge is 0.379 e. The Balaban J connectivity index is 1.59. The van der Waals surface area contributed by atoms with Gasteiger partial charge in [0.05, 0.1) is 12.2 Å². The monoisotopic (exact) mass is 414 g/mol. The molecule has 2 fully saturated rings. The number of aromatic nitrogens is 1. The third-order valence-corrected chi connectivity index (χ3v) is 7.23. The van der Waals surface area contributed by atoms with E-state index in [1.165, 1.54) is 16.9 Å². The second-order valence-corrected chi connectivity index (χ2v) is 9.77. The highest BCUT2D eigenvalue weighted by molar-refractivity contribution is 7.81. The maximum Gasteiger partial charge on any atom is 0.324 e. The average Bonchev–Trinajstić information content (AvgIpc) is 3.27. The van der Waals surface area contributed by atoms with Gasteiger partial charge in [-0.2, -0.15) is 12.6 Å². The van der Waals surface area contributed by atoms with Crippen molar-refractivity contribution in [3.05, 3.63) is 22.2 Å². The molecule has 1 aromatic rings. The lowest BCUT2D eigenvalue weighted by atomic mass is 9.76. The number of rotatable bonds is 2. The number of urea groups is 1. The van der Waals surface area contributed by atoms with Gasteiger partial charge in [-0.05, 0) is 31.8 Å². The fourth-order valence-electron chi connectivity index (χ4n) is 4.54. The summed E-state index contributed by atoms with van der Waals surface area (Å²) in [5, 5.41) is 13.6. The minimum Gasteiger partial charge on any atom is -0.379 e. The lowest BCUT2D eigenvalue weighted by Gasteiger charge is -2.31. The first-order valence-corrected chi connectivity index (χ1v) is 10.6. The zero-order valence-corrected chi connectivity index (χ0v) is 17.0. The van der Waals surface area contributed by atoms with E-state index in [9.17, 15) is 9.90 Å². The number of aliphatic hydroxyl groups is 1. The molecule has 9 heteroatoms. The molecule has 26 heavy (non-hydrogen) atoms. The maximum absolute atomic E-state index is 12.9. The average molecular weight is 415 g/mol. The van der Waals surface area contributed by atoms with Crippen LogP contribution >= 0.6 is 35.6 Å². The number of thiazole rings is 1. The summed E-state index contributed by atoms with van der Waals surface area (Å²) in [6, 6.07) is -0.0281. The third-order valence-electron chi connectivity index (χ3n) is 5.79. The molecule has 142 valence electrons. The van der Waals surface area contributed by atoms with E-state index in [1.54, 1.807) is 13.1 Å². The first-order chi connectivity index (χ1) is 12.4. The number of aliphatic hydroxyl groups excluding tert-OH is 1. The maximum atomic E-state index is 12.9. The van der Waals surface area contributed by atoms with Gasteiger partial charge in [-0.15, -0.1) is 0 Å². The molecular weight excluding hydrogens is 392 g/mol. The van der Waals surface area contributed by atoms with E-state index in [2.05, 4.69) is 33.9 Å². The zero-order chi connectivity index (χ0) is 18.5. The van der Waals surface area contributed by atoms with Gasteiger partial charge in [0.2, 0.25) is 0 Å². The molecule has 2 aliphatic heterocycles. The molecule has 4 unspecified atom stereocenters. The molecule has 3 heterocycles. The number of amides is 2. The Labute approximate surface area is 167 Å². The van der Waals surface area contributed by atoms with Crippen LogP contribution in [0.4, 0.5) is 9.93 Å². The standard InChI is InChI=1S/C17H23ClN4O2S2/c1-10(23)21-5-4-17(8-21)9-22(13-3-2-11(25)6-12(13)17)16(24)20-15-19-7-14(18)26-15/h6-7,10-11,13,23,25H,2-5,8-9H2,1H3,(H,19,20,24). The van der Waals surface area contributed by atoms with Crippen molar-refractivity contribution >= 4 is 46.7 Å². The number of hydrogen-bond donors (Lipinski definition) is 3. The van der Waals surface area contributed by atoms with Gasteiger partial charge in [0.25, 0.3) is 0 Å². The Morgan fingerprint density at radius 3 is 3.00 bits per heavy atom. The quantitative estimate of drug-likeness (QED) is 0.514. The number of likely N-dealkylation sites (tertiary alicyclic amines) is 2. The van der Waals surface area contributed by atoms with Gasteiger partial charge < -0.3 is 10.0 Å². The van der Waals surface area contributed by atoms with E-state index in [0.29, 0.717) is 16.0 Å². The summed E-state index contributed by atoms with van der Waals surface area (Å²) in [5.41, 5.74) is 1.24. The molecule has 2 saturated heterocycles. The van der Waals surface area contributed by atoms with Crippen molar-refractivity contribution in [3.8, 4) is 0 Å². The first kappa shape index (κ1) is 18.6. The molecule has 0 radical (unpaired) electrons. The summed E-state index contributed by atoms with van der Waals surface area (Å²) >= 11 is 11.8. The summed E-state index contributed by atoms with van der Waals surface area (Å²) in [7, 11) is 0. The van der Waals surface area contributed by atoms with Crippen molar-refractivity contribution in [2.24, 2.45) is 5.41 Å². The predicted molar refractivity (Wildman–Crippen MR) is 107 cm³/mol. The molecule has 4 atom stereocenters. The number of fused-ring (bicyclic) bond motifs is 2. The SMILES string of the molecule is CC(O)N1CCC2(C1)CN(C(=O)Nc1ncc(Cl)s1)C1CCC(S)C=C12. The zero-order valence-electron chi connectivity index (χ0n) is 14.6. The van der Waals surface area contributed by atoms with Crippen molar-refractivity contribution in [1.29, 1.82) is 0 Å². The smallest absolute Gasteiger partial charge is 0.324 e. The van der Waals surface area contributed by atoms with Crippen molar-refractivity contribution in [3.63, 3.8) is 0 Å². The Kier molecular flexibility index (Phi) is 4.98. The van der Waals surface area contributed by atoms with Crippen LogP contribution in [0, 0.1) is 5.41 Å². The van der Waals surface area contributed by atoms with Crippen LogP contribution in [-0.2, 0) is 0 Å². The van der Waals surface area contributed by atoms with Crippen molar-refractivity contribution in [1.82, 2.24) is 14.8 Å². The summed E-state index contributed by atoms with van der Waals surface area (Å²) in [6.45, 7) is 4.09. The van der Waals surface area contributed by atoms with E-state index >= 15 is 0 Å². The van der Waals surface area contributed by atoms with Crippen LogP contribution in [0.25, 0.3) is 0 Å². The molecule has 6 nitrogen and oxygen atoms in total. The van der Waals surface area contributed by atoms with Crippen LogP contribution in [-0.4, -0.2) is 63.1 Å².